The van der Waals surface area contributed by atoms with E-state index in [2.05, 4.69) is 21.2 Å². The normalized spacial score (nSPS) is 10.6. The Labute approximate surface area is 115 Å². The fourth-order valence-corrected chi connectivity index (χ4v) is 1.88. The highest BCUT2D eigenvalue weighted by atomic mass is 79.9. The van der Waals surface area contributed by atoms with E-state index in [1.165, 1.54) is 6.07 Å². The first kappa shape index (κ1) is 15.0. The van der Waals surface area contributed by atoms with Crippen molar-refractivity contribution >= 4 is 27.5 Å². The van der Waals surface area contributed by atoms with Crippen molar-refractivity contribution in [2.75, 3.05) is 18.9 Å². The second-order valence-electron chi connectivity index (χ2n) is 4.53. The van der Waals surface area contributed by atoms with E-state index in [-0.39, 0.29) is 24.3 Å². The SMILES string of the molecule is Cc1cc(Br)c(F)cc1NCC(=O)N(C)C(C)C. The maximum Gasteiger partial charge on any atom is 0.241 e. The third kappa shape index (κ3) is 3.70. The van der Waals surface area contributed by atoms with Gasteiger partial charge in [0.1, 0.15) is 5.82 Å². The predicted octanol–water partition coefficient (Wildman–Crippen LogP) is 3.18. The molecule has 0 fully saturated rings. The van der Waals surface area contributed by atoms with Gasteiger partial charge in [-0.1, -0.05) is 0 Å². The Balaban J connectivity index is 2.70. The maximum atomic E-state index is 13.4. The van der Waals surface area contributed by atoms with Gasteiger partial charge in [-0.25, -0.2) is 4.39 Å². The third-order valence-electron chi connectivity index (χ3n) is 2.87. The molecular weight excluding hydrogens is 299 g/mol. The summed E-state index contributed by atoms with van der Waals surface area (Å²) in [6, 6.07) is 3.23. The van der Waals surface area contributed by atoms with Crippen molar-refractivity contribution in [1.82, 2.24) is 4.90 Å². The molecule has 100 valence electrons. The van der Waals surface area contributed by atoms with E-state index < -0.39 is 0 Å². The lowest BCUT2D eigenvalue weighted by atomic mass is 10.2. The van der Waals surface area contributed by atoms with Crippen molar-refractivity contribution in [2.45, 2.75) is 26.8 Å². The van der Waals surface area contributed by atoms with Crippen molar-refractivity contribution in [1.29, 1.82) is 0 Å². The van der Waals surface area contributed by atoms with Crippen molar-refractivity contribution in [3.8, 4) is 0 Å². The molecule has 1 aromatic rings. The van der Waals surface area contributed by atoms with Gasteiger partial charge in [0, 0.05) is 18.8 Å². The summed E-state index contributed by atoms with van der Waals surface area (Å²) in [5, 5.41) is 2.96. The molecule has 0 bridgehead atoms. The van der Waals surface area contributed by atoms with Crippen LogP contribution in [0.15, 0.2) is 16.6 Å². The van der Waals surface area contributed by atoms with Crippen LogP contribution in [0.3, 0.4) is 0 Å². The number of hydrogen-bond acceptors (Lipinski definition) is 2. The van der Waals surface area contributed by atoms with E-state index in [4.69, 9.17) is 0 Å². The number of hydrogen-bond donors (Lipinski definition) is 1. The first-order valence-corrected chi connectivity index (χ1v) is 6.57. The van der Waals surface area contributed by atoms with Crippen molar-refractivity contribution in [3.63, 3.8) is 0 Å². The van der Waals surface area contributed by atoms with E-state index in [1.54, 1.807) is 18.0 Å². The molecule has 18 heavy (non-hydrogen) atoms. The topological polar surface area (TPSA) is 32.3 Å². The van der Waals surface area contributed by atoms with Crippen LogP contribution in [0.2, 0.25) is 0 Å². The number of nitrogens with zero attached hydrogens (tertiary/aromatic N) is 1. The largest absolute Gasteiger partial charge is 0.376 e. The molecule has 1 amide bonds. The van der Waals surface area contributed by atoms with Crippen LogP contribution in [0.4, 0.5) is 10.1 Å². The molecule has 1 aromatic carbocycles. The van der Waals surface area contributed by atoms with Crippen LogP contribution in [0.1, 0.15) is 19.4 Å². The fraction of sp³-hybridized carbons (Fsp3) is 0.462. The molecule has 1 rings (SSSR count). The van der Waals surface area contributed by atoms with Crippen molar-refractivity contribution in [2.24, 2.45) is 0 Å². The summed E-state index contributed by atoms with van der Waals surface area (Å²) in [7, 11) is 1.75. The van der Waals surface area contributed by atoms with Crippen LogP contribution >= 0.6 is 15.9 Å². The van der Waals surface area contributed by atoms with Gasteiger partial charge in [-0.05, 0) is 54.4 Å². The van der Waals surface area contributed by atoms with Gasteiger partial charge in [0.05, 0.1) is 11.0 Å². The number of carbonyl (C=O) groups excluding carboxylic acids is 1. The lowest BCUT2D eigenvalue weighted by Gasteiger charge is -2.22. The molecule has 0 heterocycles. The number of anilines is 1. The molecular formula is C13H18BrFN2O. The van der Waals surface area contributed by atoms with Crippen LogP contribution < -0.4 is 5.32 Å². The van der Waals surface area contributed by atoms with Crippen LogP contribution in [0.5, 0.6) is 0 Å². The minimum atomic E-state index is -0.340. The van der Waals surface area contributed by atoms with E-state index in [0.717, 1.165) is 5.56 Å². The highest BCUT2D eigenvalue weighted by Gasteiger charge is 2.12. The number of amides is 1. The molecule has 0 aliphatic rings. The van der Waals surface area contributed by atoms with Gasteiger partial charge in [-0.2, -0.15) is 0 Å². The van der Waals surface area contributed by atoms with E-state index in [0.29, 0.717) is 10.2 Å². The Morgan fingerprint density at radius 2 is 2.11 bits per heavy atom. The van der Waals surface area contributed by atoms with Gasteiger partial charge < -0.3 is 10.2 Å². The smallest absolute Gasteiger partial charge is 0.241 e. The van der Waals surface area contributed by atoms with E-state index in [1.807, 2.05) is 20.8 Å². The average Bonchev–Trinajstić information content (AvgIpc) is 2.30. The highest BCUT2D eigenvalue weighted by molar-refractivity contribution is 9.10. The second kappa shape index (κ2) is 6.18. The Hall–Kier alpha value is -1.10. The summed E-state index contributed by atoms with van der Waals surface area (Å²) in [4.78, 5) is 13.4. The number of nitrogens with one attached hydrogen (secondary N) is 1. The lowest BCUT2D eigenvalue weighted by molar-refractivity contribution is -0.129. The Morgan fingerprint density at radius 3 is 2.67 bits per heavy atom. The second-order valence-corrected chi connectivity index (χ2v) is 5.39. The monoisotopic (exact) mass is 316 g/mol. The van der Waals surface area contributed by atoms with Gasteiger partial charge in [0.15, 0.2) is 0 Å². The fourth-order valence-electron chi connectivity index (χ4n) is 1.42. The van der Waals surface area contributed by atoms with Crippen molar-refractivity contribution < 1.29 is 9.18 Å². The Kier molecular flexibility index (Phi) is 5.14. The zero-order chi connectivity index (χ0) is 13.9. The Morgan fingerprint density at radius 1 is 1.50 bits per heavy atom. The average molecular weight is 317 g/mol. The molecule has 5 heteroatoms. The Bertz CT molecular complexity index is 449. The minimum absolute atomic E-state index is 0.0206. The standard InChI is InChI=1S/C13H18BrFN2O/c1-8(2)17(4)13(18)7-16-12-6-11(15)10(14)5-9(12)3/h5-6,8,16H,7H2,1-4H3. The molecule has 0 spiro atoms. The van der Waals surface area contributed by atoms with Gasteiger partial charge in [0.2, 0.25) is 5.91 Å². The third-order valence-corrected chi connectivity index (χ3v) is 3.47. The van der Waals surface area contributed by atoms with Gasteiger partial charge >= 0.3 is 0 Å². The zero-order valence-electron chi connectivity index (χ0n) is 11.1. The number of aryl methyl sites for hydroxylation is 1. The maximum absolute atomic E-state index is 13.4. The van der Waals surface area contributed by atoms with Crippen LogP contribution in [0, 0.1) is 12.7 Å². The lowest BCUT2D eigenvalue weighted by Crippen LogP contribution is -2.37. The first-order valence-electron chi connectivity index (χ1n) is 5.78. The van der Waals surface area contributed by atoms with E-state index in [9.17, 15) is 9.18 Å². The van der Waals surface area contributed by atoms with Crippen LogP contribution in [-0.2, 0) is 4.79 Å². The molecule has 0 aliphatic heterocycles. The predicted molar refractivity (Wildman–Crippen MR) is 75.2 cm³/mol. The summed E-state index contributed by atoms with van der Waals surface area (Å²) in [6.45, 7) is 5.92. The number of likely N-dealkylation sites (N-methyl/N-ethyl adjacent to an activating group) is 1. The summed E-state index contributed by atoms with van der Waals surface area (Å²) < 4.78 is 13.8. The van der Waals surface area contributed by atoms with Crippen LogP contribution in [-0.4, -0.2) is 30.4 Å². The number of carbonyl (C=O) groups is 1. The zero-order valence-corrected chi connectivity index (χ0v) is 12.6. The minimum Gasteiger partial charge on any atom is -0.376 e. The highest BCUT2D eigenvalue weighted by Crippen LogP contribution is 2.23. The summed E-state index contributed by atoms with van der Waals surface area (Å²) in [5.74, 6) is -0.361. The summed E-state index contributed by atoms with van der Waals surface area (Å²) in [6.07, 6.45) is 0. The molecule has 0 unspecified atom stereocenters. The number of halogens is 2. The molecule has 0 aromatic heterocycles. The quantitative estimate of drug-likeness (QED) is 0.925. The van der Waals surface area contributed by atoms with Gasteiger partial charge in [0.25, 0.3) is 0 Å². The van der Waals surface area contributed by atoms with Crippen molar-refractivity contribution in [3.05, 3.63) is 28.0 Å². The summed E-state index contributed by atoms with van der Waals surface area (Å²) in [5.41, 5.74) is 1.53. The van der Waals surface area contributed by atoms with E-state index >= 15 is 0 Å². The van der Waals surface area contributed by atoms with Crippen LogP contribution in [0.25, 0.3) is 0 Å². The molecule has 3 nitrogen and oxygen atoms in total. The van der Waals surface area contributed by atoms with Gasteiger partial charge in [-0.3, -0.25) is 4.79 Å². The number of benzene rings is 1. The molecule has 0 radical (unpaired) electrons. The molecule has 0 saturated heterocycles. The molecule has 0 atom stereocenters. The first-order chi connectivity index (χ1) is 8.32. The summed E-state index contributed by atoms with van der Waals surface area (Å²) >= 11 is 3.12. The molecule has 0 saturated carbocycles. The molecule has 0 aliphatic carbocycles. The number of rotatable bonds is 4. The molecule has 1 N–H and O–H groups in total. The van der Waals surface area contributed by atoms with Gasteiger partial charge in [-0.15, -0.1) is 0 Å².